The van der Waals surface area contributed by atoms with Crippen molar-refractivity contribution in [3.63, 3.8) is 0 Å². The van der Waals surface area contributed by atoms with Gasteiger partial charge in [-0.15, -0.1) is 0 Å². The molecule has 1 saturated heterocycles. The SMILES string of the molecule is COc1ccc(Cl)cc1C(=O)N1CCNC(C)CC1. The van der Waals surface area contributed by atoms with Crippen molar-refractivity contribution >= 4 is 17.5 Å². The first-order valence-electron chi connectivity index (χ1n) is 6.48. The van der Waals surface area contributed by atoms with Crippen molar-refractivity contribution in [3.8, 4) is 5.75 Å². The first-order chi connectivity index (χ1) is 9.11. The molecule has 5 heteroatoms. The third-order valence-corrected chi connectivity index (χ3v) is 3.62. The van der Waals surface area contributed by atoms with E-state index in [1.54, 1.807) is 25.3 Å². The largest absolute Gasteiger partial charge is 0.496 e. The second-order valence-corrected chi connectivity index (χ2v) is 5.22. The minimum atomic E-state index is -0.0183. The van der Waals surface area contributed by atoms with Gasteiger partial charge in [-0.05, 0) is 31.5 Å². The molecule has 0 saturated carbocycles. The van der Waals surface area contributed by atoms with Crippen LogP contribution in [0.5, 0.6) is 5.75 Å². The fourth-order valence-electron chi connectivity index (χ4n) is 2.23. The molecule has 0 aromatic heterocycles. The Morgan fingerprint density at radius 1 is 1.47 bits per heavy atom. The van der Waals surface area contributed by atoms with Crippen molar-refractivity contribution in [2.75, 3.05) is 26.7 Å². The van der Waals surface area contributed by atoms with Gasteiger partial charge in [0.25, 0.3) is 5.91 Å². The number of ether oxygens (including phenoxy) is 1. The molecule has 1 aromatic carbocycles. The smallest absolute Gasteiger partial charge is 0.257 e. The molecule has 1 amide bonds. The van der Waals surface area contributed by atoms with E-state index in [0.717, 1.165) is 19.5 Å². The molecule has 0 bridgehead atoms. The van der Waals surface area contributed by atoms with Gasteiger partial charge < -0.3 is 15.0 Å². The van der Waals surface area contributed by atoms with Gasteiger partial charge in [-0.25, -0.2) is 0 Å². The fourth-order valence-corrected chi connectivity index (χ4v) is 2.40. The Balaban J connectivity index is 2.21. The summed E-state index contributed by atoms with van der Waals surface area (Å²) in [5.41, 5.74) is 0.532. The van der Waals surface area contributed by atoms with E-state index < -0.39 is 0 Å². The van der Waals surface area contributed by atoms with Crippen molar-refractivity contribution in [1.29, 1.82) is 0 Å². The number of rotatable bonds is 2. The number of benzene rings is 1. The molecule has 0 spiro atoms. The average Bonchev–Trinajstić information content (AvgIpc) is 2.62. The van der Waals surface area contributed by atoms with Crippen LogP contribution in [0.25, 0.3) is 0 Å². The zero-order valence-electron chi connectivity index (χ0n) is 11.3. The maximum Gasteiger partial charge on any atom is 0.257 e. The van der Waals surface area contributed by atoms with Gasteiger partial charge in [0.05, 0.1) is 12.7 Å². The van der Waals surface area contributed by atoms with Crippen LogP contribution in [-0.2, 0) is 0 Å². The van der Waals surface area contributed by atoms with Crippen LogP contribution in [0.1, 0.15) is 23.7 Å². The zero-order chi connectivity index (χ0) is 13.8. The molecule has 1 aliphatic rings. The van der Waals surface area contributed by atoms with Crippen LogP contribution in [0.15, 0.2) is 18.2 Å². The number of nitrogens with one attached hydrogen (secondary N) is 1. The Morgan fingerprint density at radius 3 is 3.00 bits per heavy atom. The van der Waals surface area contributed by atoms with Gasteiger partial charge in [-0.3, -0.25) is 4.79 Å². The summed E-state index contributed by atoms with van der Waals surface area (Å²) in [6.07, 6.45) is 0.953. The predicted octanol–water partition coefficient (Wildman–Crippen LogP) is 2.17. The first-order valence-corrected chi connectivity index (χ1v) is 6.86. The molecule has 1 N–H and O–H groups in total. The Hall–Kier alpha value is -1.26. The third-order valence-electron chi connectivity index (χ3n) is 3.39. The van der Waals surface area contributed by atoms with Gasteiger partial charge in [0, 0.05) is 30.7 Å². The highest BCUT2D eigenvalue weighted by atomic mass is 35.5. The monoisotopic (exact) mass is 282 g/mol. The van der Waals surface area contributed by atoms with Gasteiger partial charge in [0.1, 0.15) is 5.75 Å². The summed E-state index contributed by atoms with van der Waals surface area (Å²) in [6.45, 7) is 4.41. The Bertz CT molecular complexity index is 465. The molecule has 1 heterocycles. The van der Waals surface area contributed by atoms with E-state index in [1.807, 2.05) is 4.90 Å². The van der Waals surface area contributed by atoms with Crippen LogP contribution in [0.2, 0.25) is 5.02 Å². The quantitative estimate of drug-likeness (QED) is 0.904. The van der Waals surface area contributed by atoms with Gasteiger partial charge >= 0.3 is 0 Å². The zero-order valence-corrected chi connectivity index (χ0v) is 12.0. The molecule has 0 radical (unpaired) electrons. The van der Waals surface area contributed by atoms with Crippen molar-refractivity contribution in [1.82, 2.24) is 10.2 Å². The summed E-state index contributed by atoms with van der Waals surface area (Å²) in [4.78, 5) is 14.4. The highest BCUT2D eigenvalue weighted by molar-refractivity contribution is 6.31. The fraction of sp³-hybridized carbons (Fsp3) is 0.500. The van der Waals surface area contributed by atoms with E-state index in [4.69, 9.17) is 16.3 Å². The summed E-state index contributed by atoms with van der Waals surface area (Å²) in [5.74, 6) is 0.551. The molecule has 4 nitrogen and oxygen atoms in total. The number of amides is 1. The van der Waals surface area contributed by atoms with Crippen molar-refractivity contribution in [2.24, 2.45) is 0 Å². The number of methoxy groups -OCH3 is 1. The maximum atomic E-state index is 12.6. The number of carbonyl (C=O) groups is 1. The van der Waals surface area contributed by atoms with E-state index in [-0.39, 0.29) is 5.91 Å². The lowest BCUT2D eigenvalue weighted by Crippen LogP contribution is -2.34. The van der Waals surface area contributed by atoms with Crippen LogP contribution in [0.3, 0.4) is 0 Å². The topological polar surface area (TPSA) is 41.6 Å². The van der Waals surface area contributed by atoms with E-state index >= 15 is 0 Å². The van der Waals surface area contributed by atoms with Gasteiger partial charge in [-0.1, -0.05) is 11.6 Å². The van der Waals surface area contributed by atoms with Crippen LogP contribution >= 0.6 is 11.6 Å². The number of halogens is 1. The molecule has 1 unspecified atom stereocenters. The number of hydrogen-bond acceptors (Lipinski definition) is 3. The molecule has 1 aliphatic heterocycles. The second-order valence-electron chi connectivity index (χ2n) is 4.78. The molecule has 19 heavy (non-hydrogen) atoms. The molecular formula is C14H19ClN2O2. The van der Waals surface area contributed by atoms with Crippen LogP contribution in [-0.4, -0.2) is 43.6 Å². The molecule has 1 aromatic rings. The molecule has 1 fully saturated rings. The highest BCUT2D eigenvalue weighted by Crippen LogP contribution is 2.24. The van der Waals surface area contributed by atoms with Crippen LogP contribution < -0.4 is 10.1 Å². The minimum absolute atomic E-state index is 0.0183. The Labute approximate surface area is 118 Å². The average molecular weight is 283 g/mol. The Kier molecular flexibility index (Phi) is 4.66. The molecule has 104 valence electrons. The molecule has 1 atom stereocenters. The van der Waals surface area contributed by atoms with E-state index in [2.05, 4.69) is 12.2 Å². The van der Waals surface area contributed by atoms with E-state index in [0.29, 0.717) is 28.9 Å². The minimum Gasteiger partial charge on any atom is -0.496 e. The van der Waals surface area contributed by atoms with Gasteiger partial charge in [0.15, 0.2) is 0 Å². The number of nitrogens with zero attached hydrogens (tertiary/aromatic N) is 1. The van der Waals surface area contributed by atoms with Crippen molar-refractivity contribution < 1.29 is 9.53 Å². The highest BCUT2D eigenvalue weighted by Gasteiger charge is 2.22. The van der Waals surface area contributed by atoms with Crippen LogP contribution in [0.4, 0.5) is 0 Å². The third kappa shape index (κ3) is 3.39. The second kappa shape index (κ2) is 6.26. The summed E-state index contributed by atoms with van der Waals surface area (Å²) in [5, 5.41) is 3.92. The lowest BCUT2D eigenvalue weighted by Gasteiger charge is -2.21. The summed E-state index contributed by atoms with van der Waals surface area (Å²) < 4.78 is 5.24. The first kappa shape index (κ1) is 14.2. The van der Waals surface area contributed by atoms with Crippen molar-refractivity contribution in [2.45, 2.75) is 19.4 Å². The standard InChI is InChI=1S/C14H19ClN2O2/c1-10-5-7-17(8-6-16-10)14(18)12-9-11(15)3-4-13(12)19-2/h3-4,9-10,16H,5-8H2,1-2H3. The Morgan fingerprint density at radius 2 is 2.26 bits per heavy atom. The van der Waals surface area contributed by atoms with Crippen LogP contribution in [0, 0.1) is 0 Å². The maximum absolute atomic E-state index is 12.6. The predicted molar refractivity (Wildman–Crippen MR) is 76.0 cm³/mol. The lowest BCUT2D eigenvalue weighted by atomic mass is 10.1. The molecule has 2 rings (SSSR count). The van der Waals surface area contributed by atoms with E-state index in [1.165, 1.54) is 0 Å². The lowest BCUT2D eigenvalue weighted by molar-refractivity contribution is 0.0762. The van der Waals surface area contributed by atoms with Gasteiger partial charge in [-0.2, -0.15) is 0 Å². The van der Waals surface area contributed by atoms with Crippen molar-refractivity contribution in [3.05, 3.63) is 28.8 Å². The van der Waals surface area contributed by atoms with Gasteiger partial charge in [0.2, 0.25) is 0 Å². The number of carbonyl (C=O) groups excluding carboxylic acids is 1. The number of hydrogen-bond donors (Lipinski definition) is 1. The summed E-state index contributed by atoms with van der Waals surface area (Å²) >= 11 is 5.97. The molecular weight excluding hydrogens is 264 g/mol. The normalized spacial score (nSPS) is 19.9. The summed E-state index contributed by atoms with van der Waals surface area (Å²) in [6, 6.07) is 5.57. The van der Waals surface area contributed by atoms with E-state index in [9.17, 15) is 4.79 Å². The molecule has 0 aliphatic carbocycles. The summed E-state index contributed by atoms with van der Waals surface area (Å²) in [7, 11) is 1.56.